The molecule has 0 radical (unpaired) electrons. The van der Waals surface area contributed by atoms with Crippen molar-refractivity contribution in [3.8, 4) is 0 Å². The second kappa shape index (κ2) is 4.39. The summed E-state index contributed by atoms with van der Waals surface area (Å²) in [6.45, 7) is 3.05. The van der Waals surface area contributed by atoms with E-state index in [0.29, 0.717) is 18.8 Å². The predicted octanol–water partition coefficient (Wildman–Crippen LogP) is 1.14. The van der Waals surface area contributed by atoms with Gasteiger partial charge in [0, 0.05) is 25.0 Å². The van der Waals surface area contributed by atoms with E-state index < -0.39 is 10.2 Å². The van der Waals surface area contributed by atoms with E-state index in [9.17, 15) is 8.42 Å². The Morgan fingerprint density at radius 1 is 1.38 bits per heavy atom. The average Bonchev–Trinajstić information content (AvgIpc) is 2.69. The third-order valence-corrected chi connectivity index (χ3v) is 4.09. The Labute approximate surface area is 95.7 Å². The number of hydrogen-bond donors (Lipinski definition) is 1. The standard InChI is InChI=1S/C10H15N3O2S/c1-9-8-10(4-5-11-9)12-16(14,15)13-6-2-3-7-13/h4-5,8H,2-3,6-7H2,1H3,(H,11,12). The molecule has 2 heterocycles. The van der Waals surface area contributed by atoms with Gasteiger partial charge in [-0.3, -0.25) is 9.71 Å². The zero-order valence-corrected chi connectivity index (χ0v) is 10.00. The summed E-state index contributed by atoms with van der Waals surface area (Å²) in [4.78, 5) is 4.02. The number of aryl methyl sites for hydroxylation is 1. The first-order valence-corrected chi connectivity index (χ1v) is 6.72. The molecule has 0 bridgehead atoms. The van der Waals surface area contributed by atoms with E-state index in [4.69, 9.17) is 0 Å². The van der Waals surface area contributed by atoms with Crippen molar-refractivity contribution in [3.05, 3.63) is 24.0 Å². The second-order valence-electron chi connectivity index (χ2n) is 3.90. The first-order valence-electron chi connectivity index (χ1n) is 5.28. The Balaban J connectivity index is 2.14. The predicted molar refractivity (Wildman–Crippen MR) is 62.3 cm³/mol. The molecule has 5 nitrogen and oxygen atoms in total. The molecule has 6 heteroatoms. The molecular weight excluding hydrogens is 226 g/mol. The number of aromatic nitrogens is 1. The largest absolute Gasteiger partial charge is 0.301 e. The fourth-order valence-electron chi connectivity index (χ4n) is 1.75. The number of hydrogen-bond acceptors (Lipinski definition) is 3. The molecule has 1 aromatic rings. The van der Waals surface area contributed by atoms with Crippen LogP contribution in [0.1, 0.15) is 18.5 Å². The Kier molecular flexibility index (Phi) is 3.11. The molecule has 2 rings (SSSR count). The Morgan fingerprint density at radius 3 is 2.69 bits per heavy atom. The summed E-state index contributed by atoms with van der Waals surface area (Å²) in [7, 11) is -3.37. The first kappa shape index (κ1) is 11.3. The van der Waals surface area contributed by atoms with Gasteiger partial charge in [0.1, 0.15) is 0 Å². The number of rotatable bonds is 3. The van der Waals surface area contributed by atoms with Gasteiger partial charge in [0.15, 0.2) is 0 Å². The van der Waals surface area contributed by atoms with Crippen molar-refractivity contribution in [3.63, 3.8) is 0 Å². The molecule has 1 aliphatic rings. The summed E-state index contributed by atoms with van der Waals surface area (Å²) in [5.41, 5.74) is 1.36. The van der Waals surface area contributed by atoms with Crippen molar-refractivity contribution in [2.75, 3.05) is 17.8 Å². The van der Waals surface area contributed by atoms with E-state index in [-0.39, 0.29) is 0 Å². The van der Waals surface area contributed by atoms with Crippen LogP contribution in [0, 0.1) is 6.92 Å². The third kappa shape index (κ3) is 2.51. The molecule has 0 amide bonds. The van der Waals surface area contributed by atoms with Crippen molar-refractivity contribution < 1.29 is 8.42 Å². The number of pyridine rings is 1. The van der Waals surface area contributed by atoms with Crippen LogP contribution in [0.4, 0.5) is 5.69 Å². The summed E-state index contributed by atoms with van der Waals surface area (Å²) >= 11 is 0. The van der Waals surface area contributed by atoms with Gasteiger partial charge in [0.25, 0.3) is 0 Å². The molecule has 1 fully saturated rings. The van der Waals surface area contributed by atoms with E-state index in [1.807, 2.05) is 6.92 Å². The zero-order valence-electron chi connectivity index (χ0n) is 9.18. The maximum absolute atomic E-state index is 11.9. The molecule has 0 aromatic carbocycles. The van der Waals surface area contributed by atoms with Crippen LogP contribution in [0.3, 0.4) is 0 Å². The highest BCUT2D eigenvalue weighted by molar-refractivity contribution is 7.90. The van der Waals surface area contributed by atoms with Crippen molar-refractivity contribution in [2.24, 2.45) is 0 Å². The summed E-state index contributed by atoms with van der Waals surface area (Å²) < 4.78 is 27.8. The number of nitrogens with zero attached hydrogens (tertiary/aromatic N) is 2. The zero-order chi connectivity index (χ0) is 11.6. The SMILES string of the molecule is Cc1cc(NS(=O)(=O)N2CCCC2)ccn1. The highest BCUT2D eigenvalue weighted by Gasteiger charge is 2.24. The normalized spacial score (nSPS) is 17.6. The summed E-state index contributed by atoms with van der Waals surface area (Å²) in [6.07, 6.45) is 3.48. The topological polar surface area (TPSA) is 62.3 Å². The fourth-order valence-corrected chi connectivity index (χ4v) is 3.04. The molecule has 88 valence electrons. The van der Waals surface area contributed by atoms with Crippen LogP contribution in [-0.2, 0) is 10.2 Å². The first-order chi connectivity index (χ1) is 7.58. The highest BCUT2D eigenvalue weighted by Crippen LogP contribution is 2.16. The lowest BCUT2D eigenvalue weighted by Crippen LogP contribution is -2.33. The molecule has 0 spiro atoms. The number of anilines is 1. The molecule has 1 saturated heterocycles. The van der Waals surface area contributed by atoms with Crippen LogP contribution >= 0.6 is 0 Å². The van der Waals surface area contributed by atoms with Crippen LogP contribution in [0.25, 0.3) is 0 Å². The third-order valence-electron chi connectivity index (χ3n) is 2.55. The monoisotopic (exact) mass is 241 g/mol. The van der Waals surface area contributed by atoms with Crippen LogP contribution in [0.15, 0.2) is 18.3 Å². The van der Waals surface area contributed by atoms with Gasteiger partial charge in [-0.25, -0.2) is 0 Å². The summed E-state index contributed by atoms with van der Waals surface area (Å²) in [6, 6.07) is 3.37. The van der Waals surface area contributed by atoms with Crippen LogP contribution in [0.5, 0.6) is 0 Å². The Morgan fingerprint density at radius 2 is 2.06 bits per heavy atom. The lowest BCUT2D eigenvalue weighted by atomic mass is 10.3. The quantitative estimate of drug-likeness (QED) is 0.863. The molecule has 0 aliphatic carbocycles. The van der Waals surface area contributed by atoms with E-state index in [2.05, 4.69) is 9.71 Å². The van der Waals surface area contributed by atoms with Gasteiger partial charge in [-0.2, -0.15) is 12.7 Å². The van der Waals surface area contributed by atoms with Gasteiger partial charge in [0.05, 0.1) is 5.69 Å². The molecule has 16 heavy (non-hydrogen) atoms. The lowest BCUT2D eigenvalue weighted by Gasteiger charge is -2.16. The van der Waals surface area contributed by atoms with E-state index >= 15 is 0 Å². The minimum absolute atomic E-state index is 0.569. The van der Waals surface area contributed by atoms with Crippen molar-refractivity contribution >= 4 is 15.9 Å². The summed E-state index contributed by atoms with van der Waals surface area (Å²) in [5.74, 6) is 0. The van der Waals surface area contributed by atoms with Gasteiger partial charge in [-0.1, -0.05) is 0 Å². The van der Waals surface area contributed by atoms with Gasteiger partial charge < -0.3 is 0 Å². The second-order valence-corrected chi connectivity index (χ2v) is 5.57. The van der Waals surface area contributed by atoms with E-state index in [1.165, 1.54) is 4.31 Å². The average molecular weight is 241 g/mol. The molecule has 1 N–H and O–H groups in total. The van der Waals surface area contributed by atoms with Gasteiger partial charge in [0.2, 0.25) is 0 Å². The minimum atomic E-state index is -3.37. The van der Waals surface area contributed by atoms with E-state index in [0.717, 1.165) is 18.5 Å². The van der Waals surface area contributed by atoms with Crippen molar-refractivity contribution in [1.29, 1.82) is 0 Å². The molecule has 0 saturated carbocycles. The van der Waals surface area contributed by atoms with Gasteiger partial charge >= 0.3 is 10.2 Å². The van der Waals surface area contributed by atoms with Crippen LogP contribution < -0.4 is 4.72 Å². The van der Waals surface area contributed by atoms with Crippen molar-refractivity contribution in [2.45, 2.75) is 19.8 Å². The minimum Gasteiger partial charge on any atom is -0.271 e. The fraction of sp³-hybridized carbons (Fsp3) is 0.500. The molecule has 1 aliphatic heterocycles. The van der Waals surface area contributed by atoms with E-state index in [1.54, 1.807) is 18.3 Å². The van der Waals surface area contributed by atoms with Crippen LogP contribution in [0.2, 0.25) is 0 Å². The maximum atomic E-state index is 11.9. The lowest BCUT2D eigenvalue weighted by molar-refractivity contribution is 0.482. The molecular formula is C10H15N3O2S. The maximum Gasteiger partial charge on any atom is 0.301 e. The Hall–Kier alpha value is -1.14. The van der Waals surface area contributed by atoms with Gasteiger partial charge in [-0.15, -0.1) is 0 Å². The summed E-state index contributed by atoms with van der Waals surface area (Å²) in [5, 5.41) is 0. The van der Waals surface area contributed by atoms with Gasteiger partial charge in [-0.05, 0) is 31.9 Å². The molecule has 0 atom stereocenters. The van der Waals surface area contributed by atoms with Crippen molar-refractivity contribution in [1.82, 2.24) is 9.29 Å². The van der Waals surface area contributed by atoms with Crippen LogP contribution in [-0.4, -0.2) is 30.8 Å². The number of nitrogens with one attached hydrogen (secondary N) is 1. The molecule has 0 unspecified atom stereocenters. The molecule has 1 aromatic heterocycles. The Bertz CT molecular complexity index is 467. The smallest absolute Gasteiger partial charge is 0.271 e. The highest BCUT2D eigenvalue weighted by atomic mass is 32.2.